The van der Waals surface area contributed by atoms with Crippen LogP contribution in [0, 0.1) is 11.3 Å². The second-order valence-corrected chi connectivity index (χ2v) is 9.30. The summed E-state index contributed by atoms with van der Waals surface area (Å²) in [7, 11) is 0. The van der Waals surface area contributed by atoms with Crippen LogP contribution in [0.2, 0.25) is 0 Å². The van der Waals surface area contributed by atoms with Crippen LogP contribution < -0.4 is 0 Å². The lowest BCUT2D eigenvalue weighted by molar-refractivity contribution is -0.149. The van der Waals surface area contributed by atoms with E-state index >= 15 is 0 Å². The molecule has 0 aliphatic rings. The van der Waals surface area contributed by atoms with Crippen molar-refractivity contribution in [1.82, 2.24) is 4.57 Å². The van der Waals surface area contributed by atoms with Gasteiger partial charge in [0.25, 0.3) is 0 Å². The van der Waals surface area contributed by atoms with Gasteiger partial charge < -0.3 is 14.4 Å². The van der Waals surface area contributed by atoms with E-state index < -0.39 is 53.1 Å². The van der Waals surface area contributed by atoms with Gasteiger partial charge in [0.1, 0.15) is 17.2 Å². The topological polar surface area (TPSA) is 92.3 Å². The SMILES string of the molecule is CC(C)(C)OC(=O)/C(C#N)=C/c1cn(Cc2cc(C(F)(F)F)cc(C(F)(F)F)c2)c2cccc(C(=O)O)c12. The molecule has 6 nitrogen and oxygen atoms in total. The molecule has 0 aliphatic carbocycles. The van der Waals surface area contributed by atoms with Gasteiger partial charge in [0, 0.05) is 29.2 Å². The van der Waals surface area contributed by atoms with Gasteiger partial charge in [-0.05, 0) is 62.7 Å². The number of carbonyl (C=O) groups excluding carboxylic acids is 1. The van der Waals surface area contributed by atoms with Crippen molar-refractivity contribution >= 4 is 28.9 Å². The van der Waals surface area contributed by atoms with E-state index in [1.807, 2.05) is 0 Å². The van der Waals surface area contributed by atoms with Gasteiger partial charge in [0.15, 0.2) is 0 Å². The van der Waals surface area contributed by atoms with E-state index in [0.29, 0.717) is 12.1 Å². The predicted octanol–water partition coefficient (Wildman–Crippen LogP) is 6.67. The highest BCUT2D eigenvalue weighted by molar-refractivity contribution is 6.08. The van der Waals surface area contributed by atoms with Crippen molar-refractivity contribution in [1.29, 1.82) is 5.26 Å². The van der Waals surface area contributed by atoms with Gasteiger partial charge in [0.05, 0.1) is 16.7 Å². The first-order chi connectivity index (χ1) is 17.4. The van der Waals surface area contributed by atoms with Crippen molar-refractivity contribution in [2.75, 3.05) is 0 Å². The number of esters is 1. The number of halogens is 6. The zero-order valence-corrected chi connectivity index (χ0v) is 20.2. The summed E-state index contributed by atoms with van der Waals surface area (Å²) in [4.78, 5) is 24.3. The molecule has 0 radical (unpaired) electrons. The Kier molecular flexibility index (Phi) is 7.36. The average molecular weight is 538 g/mol. The molecule has 1 heterocycles. The lowest BCUT2D eigenvalue weighted by atomic mass is 10.0. The number of benzene rings is 2. The van der Waals surface area contributed by atoms with E-state index in [1.54, 1.807) is 26.8 Å². The summed E-state index contributed by atoms with van der Waals surface area (Å²) < 4.78 is 86.4. The van der Waals surface area contributed by atoms with Crippen LogP contribution in [0.1, 0.15) is 53.4 Å². The van der Waals surface area contributed by atoms with Crippen LogP contribution in [-0.4, -0.2) is 27.2 Å². The summed E-state index contributed by atoms with van der Waals surface area (Å²) in [5.41, 5.74) is -4.87. The van der Waals surface area contributed by atoms with Gasteiger partial charge in [-0.3, -0.25) is 0 Å². The fourth-order valence-electron chi connectivity index (χ4n) is 3.74. The second-order valence-electron chi connectivity index (χ2n) is 9.30. The van der Waals surface area contributed by atoms with Gasteiger partial charge in [0.2, 0.25) is 0 Å². The van der Waals surface area contributed by atoms with E-state index in [0.717, 1.165) is 6.08 Å². The molecule has 0 amide bonds. The van der Waals surface area contributed by atoms with E-state index in [-0.39, 0.29) is 33.7 Å². The first kappa shape index (κ1) is 28.3. The number of carbonyl (C=O) groups is 2. The average Bonchev–Trinajstić information content (AvgIpc) is 3.11. The van der Waals surface area contributed by atoms with Gasteiger partial charge >= 0.3 is 24.3 Å². The third-order valence-electron chi connectivity index (χ3n) is 5.21. The fourth-order valence-corrected chi connectivity index (χ4v) is 3.74. The van der Waals surface area contributed by atoms with Crippen LogP contribution in [0.15, 0.2) is 48.2 Å². The Balaban J connectivity index is 2.23. The number of ether oxygens (including phenoxy) is 1. The number of hydrogen-bond donors (Lipinski definition) is 1. The summed E-state index contributed by atoms with van der Waals surface area (Å²) in [6.45, 7) is 4.20. The molecule has 0 fully saturated rings. The molecule has 0 atom stereocenters. The number of nitrogens with zero attached hydrogens (tertiary/aromatic N) is 2. The number of carboxylic acids is 1. The molecule has 3 aromatic rings. The molecule has 12 heteroatoms. The molecule has 200 valence electrons. The minimum absolute atomic E-state index is 0.00793. The Labute approximate surface area is 212 Å². The van der Waals surface area contributed by atoms with E-state index in [4.69, 9.17) is 4.74 Å². The monoisotopic (exact) mass is 538 g/mol. The number of nitriles is 1. The molecular formula is C26H20F6N2O4. The highest BCUT2D eigenvalue weighted by Gasteiger charge is 2.37. The predicted molar refractivity (Wildman–Crippen MR) is 124 cm³/mol. The van der Waals surface area contributed by atoms with Crippen molar-refractivity contribution < 1.29 is 45.8 Å². The Bertz CT molecular complexity index is 1450. The van der Waals surface area contributed by atoms with Crippen molar-refractivity contribution in [3.05, 3.63) is 76.0 Å². The number of hydrogen-bond acceptors (Lipinski definition) is 4. The van der Waals surface area contributed by atoms with Gasteiger partial charge in [-0.15, -0.1) is 0 Å². The van der Waals surface area contributed by atoms with Crippen LogP contribution in [0.3, 0.4) is 0 Å². The number of rotatable bonds is 5. The maximum atomic E-state index is 13.3. The summed E-state index contributed by atoms with van der Waals surface area (Å²) in [6, 6.07) is 6.82. The number of aromatic carboxylic acids is 1. The van der Waals surface area contributed by atoms with Crippen LogP contribution in [0.5, 0.6) is 0 Å². The molecule has 0 unspecified atom stereocenters. The van der Waals surface area contributed by atoms with Crippen LogP contribution >= 0.6 is 0 Å². The standard InChI is InChI=1S/C26H20F6N2O4/c1-24(2,3)38-23(37)15(11-33)9-16-13-34(20-6-4-5-19(21(16)20)22(35)36)12-14-7-17(25(27,28)29)10-18(8-14)26(30,31)32/h4-10,13H,12H2,1-3H3,(H,35,36)/b15-9+. The van der Waals surface area contributed by atoms with E-state index in [2.05, 4.69) is 0 Å². The number of alkyl halides is 6. The lowest BCUT2D eigenvalue weighted by Gasteiger charge is -2.18. The molecule has 0 saturated heterocycles. The zero-order chi connectivity index (χ0) is 28.6. The van der Waals surface area contributed by atoms with Gasteiger partial charge in [-0.25, -0.2) is 9.59 Å². The van der Waals surface area contributed by atoms with E-state index in [9.17, 15) is 46.3 Å². The zero-order valence-electron chi connectivity index (χ0n) is 20.2. The van der Waals surface area contributed by atoms with Crippen molar-refractivity contribution in [2.24, 2.45) is 0 Å². The normalized spacial score (nSPS) is 12.9. The Morgan fingerprint density at radius 1 is 1.03 bits per heavy atom. The Hall–Kier alpha value is -4.27. The smallest absolute Gasteiger partial charge is 0.416 e. The van der Waals surface area contributed by atoms with Gasteiger partial charge in [-0.2, -0.15) is 31.6 Å². The summed E-state index contributed by atoms with van der Waals surface area (Å²) in [5, 5.41) is 19.2. The molecule has 1 aromatic heterocycles. The quantitative estimate of drug-likeness (QED) is 0.169. The molecule has 2 aromatic carbocycles. The first-order valence-corrected chi connectivity index (χ1v) is 10.9. The van der Waals surface area contributed by atoms with E-state index in [1.165, 1.54) is 29.0 Å². The van der Waals surface area contributed by atoms with Crippen molar-refractivity contribution in [2.45, 2.75) is 45.3 Å². The third-order valence-corrected chi connectivity index (χ3v) is 5.21. The Morgan fingerprint density at radius 3 is 2.08 bits per heavy atom. The van der Waals surface area contributed by atoms with Crippen LogP contribution in [0.4, 0.5) is 26.3 Å². The van der Waals surface area contributed by atoms with Crippen molar-refractivity contribution in [3.63, 3.8) is 0 Å². The molecule has 1 N–H and O–H groups in total. The molecule has 0 aliphatic heterocycles. The minimum atomic E-state index is -5.05. The highest BCUT2D eigenvalue weighted by atomic mass is 19.4. The number of fused-ring (bicyclic) bond motifs is 1. The third kappa shape index (κ3) is 6.34. The Morgan fingerprint density at radius 2 is 1.61 bits per heavy atom. The lowest BCUT2D eigenvalue weighted by Crippen LogP contribution is -2.24. The minimum Gasteiger partial charge on any atom is -0.478 e. The molecule has 0 bridgehead atoms. The van der Waals surface area contributed by atoms with Crippen molar-refractivity contribution in [3.8, 4) is 6.07 Å². The number of carboxylic acid groups (broad SMARTS) is 1. The molecular weight excluding hydrogens is 518 g/mol. The summed E-state index contributed by atoms with van der Waals surface area (Å²) in [6.07, 6.45) is -7.79. The maximum Gasteiger partial charge on any atom is 0.416 e. The summed E-state index contributed by atoms with van der Waals surface area (Å²) >= 11 is 0. The molecule has 38 heavy (non-hydrogen) atoms. The van der Waals surface area contributed by atoms with Crippen LogP contribution in [-0.2, 0) is 28.4 Å². The van der Waals surface area contributed by atoms with Gasteiger partial charge in [-0.1, -0.05) is 6.07 Å². The first-order valence-electron chi connectivity index (χ1n) is 10.9. The number of aromatic nitrogens is 1. The second kappa shape index (κ2) is 9.89. The van der Waals surface area contributed by atoms with Crippen LogP contribution in [0.25, 0.3) is 17.0 Å². The summed E-state index contributed by atoms with van der Waals surface area (Å²) in [5.74, 6) is -2.38. The highest BCUT2D eigenvalue weighted by Crippen LogP contribution is 2.37. The maximum absolute atomic E-state index is 13.3. The molecule has 0 saturated carbocycles. The fraction of sp³-hybridized carbons (Fsp3) is 0.269. The molecule has 0 spiro atoms. The molecule has 3 rings (SSSR count). The largest absolute Gasteiger partial charge is 0.478 e.